The molecule has 2 atom stereocenters. The third kappa shape index (κ3) is 4.74. The van der Waals surface area contributed by atoms with Gasteiger partial charge in [0.15, 0.2) is 5.82 Å². The van der Waals surface area contributed by atoms with Gasteiger partial charge in [-0.1, -0.05) is 17.3 Å². The second-order valence-corrected chi connectivity index (χ2v) is 6.94. The number of urea groups is 1. The van der Waals surface area contributed by atoms with Crippen molar-refractivity contribution in [3.05, 3.63) is 41.5 Å². The Kier molecular flexibility index (Phi) is 5.75. The summed E-state index contributed by atoms with van der Waals surface area (Å²) < 4.78 is 11.0. The minimum absolute atomic E-state index is 0.0775. The molecule has 0 saturated carbocycles. The Labute approximate surface area is 153 Å². The highest BCUT2D eigenvalue weighted by Gasteiger charge is 2.28. The van der Waals surface area contributed by atoms with E-state index in [9.17, 15) is 4.79 Å². The van der Waals surface area contributed by atoms with E-state index < -0.39 is 0 Å². The first-order valence-corrected chi connectivity index (χ1v) is 9.06. The quantitative estimate of drug-likeness (QED) is 0.888. The maximum absolute atomic E-state index is 12.5. The molecule has 1 saturated heterocycles. The number of nitrogens with one attached hydrogen (secondary N) is 1. The van der Waals surface area contributed by atoms with Gasteiger partial charge in [-0.15, -0.1) is 0 Å². The molecule has 7 heteroatoms. The van der Waals surface area contributed by atoms with Crippen molar-refractivity contribution in [3.63, 3.8) is 0 Å². The molecule has 1 aromatic carbocycles. The third-order valence-corrected chi connectivity index (χ3v) is 4.46. The SMILES string of the molecule is Cc1cccc(OC[C@H](C)NC(=O)N2CCC[C@@H](c3nc(C)no3)C2)c1. The lowest BCUT2D eigenvalue weighted by Crippen LogP contribution is -2.48. The van der Waals surface area contributed by atoms with Crippen LogP contribution in [0.3, 0.4) is 0 Å². The summed E-state index contributed by atoms with van der Waals surface area (Å²) in [5.74, 6) is 2.17. The molecule has 1 fully saturated rings. The van der Waals surface area contributed by atoms with E-state index in [1.54, 1.807) is 6.92 Å². The van der Waals surface area contributed by atoms with Crippen molar-refractivity contribution in [2.75, 3.05) is 19.7 Å². The van der Waals surface area contributed by atoms with Crippen LogP contribution in [-0.4, -0.2) is 46.8 Å². The van der Waals surface area contributed by atoms with Crippen LogP contribution in [0.2, 0.25) is 0 Å². The van der Waals surface area contributed by atoms with E-state index in [0.717, 1.165) is 30.7 Å². The van der Waals surface area contributed by atoms with Gasteiger partial charge in [-0.2, -0.15) is 4.98 Å². The van der Waals surface area contributed by atoms with Gasteiger partial charge in [0.05, 0.1) is 12.0 Å². The molecule has 0 unspecified atom stereocenters. The predicted molar refractivity (Wildman–Crippen MR) is 97.3 cm³/mol. The molecule has 1 aromatic heterocycles. The highest BCUT2D eigenvalue weighted by Crippen LogP contribution is 2.25. The number of aromatic nitrogens is 2. The van der Waals surface area contributed by atoms with Crippen LogP contribution >= 0.6 is 0 Å². The Balaban J connectivity index is 1.49. The predicted octanol–water partition coefficient (Wildman–Crippen LogP) is 3.04. The summed E-state index contributed by atoms with van der Waals surface area (Å²) in [6.07, 6.45) is 1.88. The lowest BCUT2D eigenvalue weighted by atomic mass is 9.98. The molecule has 0 aliphatic carbocycles. The van der Waals surface area contributed by atoms with Crippen LogP contribution in [0.1, 0.15) is 43.0 Å². The number of carbonyl (C=O) groups excluding carboxylic acids is 1. The number of likely N-dealkylation sites (tertiary alicyclic amines) is 1. The number of aryl methyl sites for hydroxylation is 2. The van der Waals surface area contributed by atoms with Crippen LogP contribution in [0.15, 0.2) is 28.8 Å². The molecule has 2 heterocycles. The fourth-order valence-corrected chi connectivity index (χ4v) is 3.11. The molecule has 7 nitrogen and oxygen atoms in total. The first kappa shape index (κ1) is 18.2. The second-order valence-electron chi connectivity index (χ2n) is 6.94. The number of rotatable bonds is 5. The van der Waals surface area contributed by atoms with E-state index in [1.807, 2.05) is 43.0 Å². The summed E-state index contributed by atoms with van der Waals surface area (Å²) in [6.45, 7) is 7.53. The molecule has 26 heavy (non-hydrogen) atoms. The molecule has 1 N–H and O–H groups in total. The Morgan fingerprint density at radius 2 is 2.31 bits per heavy atom. The normalized spacial score (nSPS) is 18.4. The first-order valence-electron chi connectivity index (χ1n) is 9.06. The van der Waals surface area contributed by atoms with Crippen molar-refractivity contribution in [2.24, 2.45) is 0 Å². The minimum Gasteiger partial charge on any atom is -0.491 e. The van der Waals surface area contributed by atoms with E-state index in [2.05, 4.69) is 15.5 Å². The number of nitrogens with zero attached hydrogens (tertiary/aromatic N) is 3. The van der Waals surface area contributed by atoms with Gasteiger partial charge < -0.3 is 19.5 Å². The topological polar surface area (TPSA) is 80.5 Å². The molecular formula is C19H26N4O3. The van der Waals surface area contributed by atoms with Crippen LogP contribution in [0.4, 0.5) is 4.79 Å². The summed E-state index contributed by atoms with van der Waals surface area (Å²) in [7, 11) is 0. The number of amides is 2. The molecule has 1 aliphatic rings. The van der Waals surface area contributed by atoms with Gasteiger partial charge in [0.1, 0.15) is 12.4 Å². The van der Waals surface area contributed by atoms with Gasteiger partial charge in [0.25, 0.3) is 0 Å². The molecule has 0 spiro atoms. The standard InChI is InChI=1S/C19H26N4O3/c1-13-6-4-8-17(10-13)25-12-14(2)20-19(24)23-9-5-7-16(11-23)18-21-15(3)22-26-18/h4,6,8,10,14,16H,5,7,9,11-12H2,1-3H3,(H,20,24)/t14-,16+/m0/s1. The average Bonchev–Trinajstić information content (AvgIpc) is 3.07. The lowest BCUT2D eigenvalue weighted by Gasteiger charge is -2.32. The van der Waals surface area contributed by atoms with Crippen molar-refractivity contribution in [2.45, 2.75) is 45.6 Å². The molecule has 2 amide bonds. The summed E-state index contributed by atoms with van der Waals surface area (Å²) in [5.41, 5.74) is 1.15. The van der Waals surface area contributed by atoms with Gasteiger partial charge in [0, 0.05) is 13.1 Å². The van der Waals surface area contributed by atoms with Gasteiger partial charge in [-0.25, -0.2) is 4.79 Å². The molecule has 0 bridgehead atoms. The maximum Gasteiger partial charge on any atom is 0.317 e. The molecule has 3 rings (SSSR count). The smallest absolute Gasteiger partial charge is 0.317 e. The van der Waals surface area contributed by atoms with Crippen LogP contribution in [-0.2, 0) is 0 Å². The zero-order chi connectivity index (χ0) is 18.5. The number of ether oxygens (including phenoxy) is 1. The summed E-state index contributed by atoms with van der Waals surface area (Å²) in [6, 6.07) is 7.72. The van der Waals surface area contributed by atoms with Crippen LogP contribution in [0.25, 0.3) is 0 Å². The van der Waals surface area contributed by atoms with Gasteiger partial charge in [0.2, 0.25) is 5.89 Å². The van der Waals surface area contributed by atoms with Crippen LogP contribution < -0.4 is 10.1 Å². The van der Waals surface area contributed by atoms with Crippen LogP contribution in [0, 0.1) is 13.8 Å². The Morgan fingerprint density at radius 1 is 1.46 bits per heavy atom. The zero-order valence-corrected chi connectivity index (χ0v) is 15.6. The average molecular weight is 358 g/mol. The Hall–Kier alpha value is -2.57. The number of carbonyl (C=O) groups is 1. The number of benzene rings is 1. The van der Waals surface area contributed by atoms with E-state index >= 15 is 0 Å². The van der Waals surface area contributed by atoms with Crippen LogP contribution in [0.5, 0.6) is 5.75 Å². The Morgan fingerprint density at radius 3 is 3.04 bits per heavy atom. The van der Waals surface area contributed by atoms with E-state index in [4.69, 9.17) is 9.26 Å². The van der Waals surface area contributed by atoms with Crippen molar-refractivity contribution in [1.29, 1.82) is 0 Å². The van der Waals surface area contributed by atoms with Crippen molar-refractivity contribution in [1.82, 2.24) is 20.4 Å². The van der Waals surface area contributed by atoms with Crippen molar-refractivity contribution in [3.8, 4) is 5.75 Å². The zero-order valence-electron chi connectivity index (χ0n) is 15.6. The van der Waals surface area contributed by atoms with Gasteiger partial charge in [-0.3, -0.25) is 0 Å². The Bertz CT molecular complexity index is 746. The third-order valence-electron chi connectivity index (χ3n) is 4.46. The van der Waals surface area contributed by atoms with Gasteiger partial charge in [-0.05, 0) is 51.3 Å². The highest BCUT2D eigenvalue weighted by atomic mass is 16.5. The summed E-state index contributed by atoms with van der Waals surface area (Å²) in [5, 5.41) is 6.85. The van der Waals surface area contributed by atoms with Crippen molar-refractivity contribution >= 4 is 6.03 Å². The molecular weight excluding hydrogens is 332 g/mol. The minimum atomic E-state index is -0.0889. The number of hydrogen-bond donors (Lipinski definition) is 1. The van der Waals surface area contributed by atoms with Crippen molar-refractivity contribution < 1.29 is 14.1 Å². The number of piperidine rings is 1. The molecule has 140 valence electrons. The fraction of sp³-hybridized carbons (Fsp3) is 0.526. The lowest BCUT2D eigenvalue weighted by molar-refractivity contribution is 0.164. The van der Waals surface area contributed by atoms with E-state index in [-0.39, 0.29) is 18.0 Å². The monoisotopic (exact) mass is 358 g/mol. The maximum atomic E-state index is 12.5. The first-order chi connectivity index (χ1) is 12.5. The largest absolute Gasteiger partial charge is 0.491 e. The molecule has 0 radical (unpaired) electrons. The highest BCUT2D eigenvalue weighted by molar-refractivity contribution is 5.74. The van der Waals surface area contributed by atoms with E-state index in [1.165, 1.54) is 0 Å². The fourth-order valence-electron chi connectivity index (χ4n) is 3.11. The second kappa shape index (κ2) is 8.21. The number of hydrogen-bond acceptors (Lipinski definition) is 5. The molecule has 1 aliphatic heterocycles. The molecule has 2 aromatic rings. The summed E-state index contributed by atoms with van der Waals surface area (Å²) >= 11 is 0. The van der Waals surface area contributed by atoms with Gasteiger partial charge >= 0.3 is 6.03 Å². The van der Waals surface area contributed by atoms with E-state index in [0.29, 0.717) is 24.9 Å². The summed E-state index contributed by atoms with van der Waals surface area (Å²) in [4.78, 5) is 18.7.